The smallest absolute Gasteiger partial charge is 0.325 e. The Balaban J connectivity index is 1.39. The number of ether oxygens (including phenoxy) is 1. The first-order valence-electron chi connectivity index (χ1n) is 10.2. The summed E-state index contributed by atoms with van der Waals surface area (Å²) in [6.45, 7) is -0.434. The van der Waals surface area contributed by atoms with E-state index in [0.29, 0.717) is 18.7 Å². The fourth-order valence-electron chi connectivity index (χ4n) is 2.99. The van der Waals surface area contributed by atoms with Gasteiger partial charge in [0.25, 0.3) is 5.91 Å². The zero-order chi connectivity index (χ0) is 22.6. The number of benzene rings is 3. The van der Waals surface area contributed by atoms with Gasteiger partial charge in [-0.2, -0.15) is 0 Å². The highest BCUT2D eigenvalue weighted by atomic mass is 16.5. The van der Waals surface area contributed by atoms with E-state index in [4.69, 9.17) is 4.74 Å². The van der Waals surface area contributed by atoms with E-state index in [9.17, 15) is 14.4 Å². The van der Waals surface area contributed by atoms with Crippen LogP contribution in [0.5, 0.6) is 0 Å². The summed E-state index contributed by atoms with van der Waals surface area (Å²) in [4.78, 5) is 35.9. The van der Waals surface area contributed by atoms with E-state index in [0.717, 1.165) is 16.7 Å². The summed E-state index contributed by atoms with van der Waals surface area (Å²) in [7, 11) is 0. The number of para-hydroxylation sites is 1. The van der Waals surface area contributed by atoms with Gasteiger partial charge >= 0.3 is 12.0 Å². The Morgan fingerprint density at radius 2 is 1.34 bits per heavy atom. The lowest BCUT2D eigenvalue weighted by Gasteiger charge is -2.12. The van der Waals surface area contributed by atoms with Crippen molar-refractivity contribution in [2.45, 2.75) is 13.0 Å². The molecule has 0 fully saturated rings. The van der Waals surface area contributed by atoms with Crippen molar-refractivity contribution < 1.29 is 19.1 Å². The minimum atomic E-state index is -0.701. The minimum absolute atomic E-state index is 0.335. The van der Waals surface area contributed by atoms with Crippen LogP contribution in [0.2, 0.25) is 0 Å². The molecule has 7 nitrogen and oxygen atoms in total. The quantitative estimate of drug-likeness (QED) is 0.453. The van der Waals surface area contributed by atoms with Crippen molar-refractivity contribution in [3.63, 3.8) is 0 Å². The van der Waals surface area contributed by atoms with E-state index in [1.165, 1.54) is 0 Å². The third kappa shape index (κ3) is 7.60. The number of hydrogen-bond donors (Lipinski definition) is 3. The SMILES string of the molecule is O=C(COC(=O)CNC(=O)NCc1ccccc1)Nc1ccccc1Cc1ccccc1. The largest absolute Gasteiger partial charge is 0.454 e. The molecule has 3 aromatic rings. The predicted octanol–water partition coefficient (Wildman–Crippen LogP) is 3.26. The molecule has 7 heteroatoms. The number of carbonyl (C=O) groups excluding carboxylic acids is 3. The molecule has 0 saturated heterocycles. The molecule has 0 aromatic heterocycles. The summed E-state index contributed by atoms with van der Waals surface area (Å²) < 4.78 is 4.95. The molecule has 3 aromatic carbocycles. The van der Waals surface area contributed by atoms with Crippen LogP contribution >= 0.6 is 0 Å². The maximum atomic E-state index is 12.2. The zero-order valence-electron chi connectivity index (χ0n) is 17.5. The number of amides is 3. The maximum Gasteiger partial charge on any atom is 0.325 e. The van der Waals surface area contributed by atoms with Crippen LogP contribution in [0.1, 0.15) is 16.7 Å². The Morgan fingerprint density at radius 3 is 2.06 bits per heavy atom. The molecule has 0 heterocycles. The van der Waals surface area contributed by atoms with Gasteiger partial charge in [-0.05, 0) is 29.2 Å². The molecule has 0 unspecified atom stereocenters. The Morgan fingerprint density at radius 1 is 0.719 bits per heavy atom. The molecule has 164 valence electrons. The molecule has 0 spiro atoms. The van der Waals surface area contributed by atoms with Crippen LogP contribution in [-0.2, 0) is 27.3 Å². The first-order chi connectivity index (χ1) is 15.6. The van der Waals surface area contributed by atoms with E-state index in [-0.39, 0.29) is 6.54 Å². The molecule has 0 bridgehead atoms. The fourth-order valence-corrected chi connectivity index (χ4v) is 2.99. The number of esters is 1. The van der Waals surface area contributed by atoms with Gasteiger partial charge < -0.3 is 20.7 Å². The normalized spacial score (nSPS) is 10.1. The third-order valence-electron chi connectivity index (χ3n) is 4.58. The van der Waals surface area contributed by atoms with Crippen LogP contribution in [0.15, 0.2) is 84.9 Å². The molecule has 0 radical (unpaired) electrons. The Labute approximate surface area is 186 Å². The number of rotatable bonds is 9. The second kappa shape index (κ2) is 11.9. The van der Waals surface area contributed by atoms with Gasteiger partial charge in [0.1, 0.15) is 6.54 Å². The Kier molecular flexibility index (Phi) is 8.39. The van der Waals surface area contributed by atoms with E-state index in [1.807, 2.05) is 78.9 Å². The number of anilines is 1. The second-order valence-corrected chi connectivity index (χ2v) is 7.05. The monoisotopic (exact) mass is 431 g/mol. The minimum Gasteiger partial charge on any atom is -0.454 e. The van der Waals surface area contributed by atoms with Gasteiger partial charge in [-0.25, -0.2) is 4.79 Å². The topological polar surface area (TPSA) is 96.5 Å². The maximum absolute atomic E-state index is 12.2. The van der Waals surface area contributed by atoms with Gasteiger partial charge in [-0.1, -0.05) is 78.9 Å². The van der Waals surface area contributed by atoms with Crippen molar-refractivity contribution in [3.8, 4) is 0 Å². The molecule has 3 rings (SSSR count). The number of nitrogens with one attached hydrogen (secondary N) is 3. The fraction of sp³-hybridized carbons (Fsp3) is 0.160. The summed E-state index contributed by atoms with van der Waals surface area (Å²) in [5.74, 6) is -1.15. The standard InChI is InChI=1S/C25H25N3O4/c29-23(28-22-14-8-7-13-21(22)15-19-9-3-1-4-10-19)18-32-24(30)17-27-25(31)26-16-20-11-5-2-6-12-20/h1-14H,15-18H2,(H,28,29)(H2,26,27,31). The summed E-state index contributed by atoms with van der Waals surface area (Å²) in [5, 5.41) is 7.82. The summed E-state index contributed by atoms with van der Waals surface area (Å²) in [6.07, 6.45) is 0.666. The first-order valence-corrected chi connectivity index (χ1v) is 10.2. The van der Waals surface area contributed by atoms with Crippen LogP contribution in [0.3, 0.4) is 0 Å². The predicted molar refractivity (Wildman–Crippen MR) is 122 cm³/mol. The highest BCUT2D eigenvalue weighted by Gasteiger charge is 2.11. The summed E-state index contributed by atoms with van der Waals surface area (Å²) >= 11 is 0. The summed E-state index contributed by atoms with van der Waals surface area (Å²) in [6, 6.07) is 26.3. The van der Waals surface area contributed by atoms with Crippen LogP contribution < -0.4 is 16.0 Å². The average molecular weight is 431 g/mol. The number of carbonyl (C=O) groups is 3. The molecule has 0 saturated carbocycles. The van der Waals surface area contributed by atoms with Crippen LogP contribution in [0.4, 0.5) is 10.5 Å². The molecular weight excluding hydrogens is 406 g/mol. The van der Waals surface area contributed by atoms with Gasteiger partial charge in [-0.15, -0.1) is 0 Å². The lowest BCUT2D eigenvalue weighted by atomic mass is 10.0. The molecule has 0 aliphatic carbocycles. The average Bonchev–Trinajstić information content (AvgIpc) is 2.82. The Bertz CT molecular complexity index is 1040. The second-order valence-electron chi connectivity index (χ2n) is 7.05. The van der Waals surface area contributed by atoms with Crippen LogP contribution in [-0.4, -0.2) is 31.1 Å². The van der Waals surface area contributed by atoms with Crippen molar-refractivity contribution in [1.82, 2.24) is 10.6 Å². The highest BCUT2D eigenvalue weighted by molar-refractivity contribution is 5.93. The first kappa shape index (κ1) is 22.6. The van der Waals surface area contributed by atoms with Crippen LogP contribution in [0.25, 0.3) is 0 Å². The molecule has 0 aliphatic rings. The molecule has 3 N–H and O–H groups in total. The van der Waals surface area contributed by atoms with Gasteiger partial charge in [-0.3, -0.25) is 9.59 Å². The van der Waals surface area contributed by atoms with E-state index in [1.54, 1.807) is 6.07 Å². The number of urea groups is 1. The van der Waals surface area contributed by atoms with Crippen molar-refractivity contribution in [3.05, 3.63) is 102 Å². The summed E-state index contributed by atoms with van der Waals surface area (Å²) in [5.41, 5.74) is 3.68. The van der Waals surface area contributed by atoms with E-state index in [2.05, 4.69) is 16.0 Å². The van der Waals surface area contributed by atoms with Crippen molar-refractivity contribution in [1.29, 1.82) is 0 Å². The third-order valence-corrected chi connectivity index (χ3v) is 4.58. The lowest BCUT2D eigenvalue weighted by Crippen LogP contribution is -2.39. The molecule has 0 aliphatic heterocycles. The van der Waals surface area contributed by atoms with Crippen molar-refractivity contribution in [2.75, 3.05) is 18.5 Å². The molecule has 3 amide bonds. The van der Waals surface area contributed by atoms with Crippen molar-refractivity contribution >= 4 is 23.6 Å². The number of hydrogen-bond acceptors (Lipinski definition) is 4. The van der Waals surface area contributed by atoms with E-state index < -0.39 is 24.5 Å². The Hall–Kier alpha value is -4.13. The van der Waals surface area contributed by atoms with Crippen molar-refractivity contribution in [2.24, 2.45) is 0 Å². The van der Waals surface area contributed by atoms with E-state index >= 15 is 0 Å². The lowest BCUT2D eigenvalue weighted by molar-refractivity contribution is -0.146. The zero-order valence-corrected chi connectivity index (χ0v) is 17.5. The van der Waals surface area contributed by atoms with Gasteiger partial charge in [0.15, 0.2) is 6.61 Å². The van der Waals surface area contributed by atoms with Crippen LogP contribution in [0, 0.1) is 0 Å². The highest BCUT2D eigenvalue weighted by Crippen LogP contribution is 2.19. The van der Waals surface area contributed by atoms with Gasteiger partial charge in [0.2, 0.25) is 0 Å². The molecule has 32 heavy (non-hydrogen) atoms. The molecule has 0 atom stereocenters. The van der Waals surface area contributed by atoms with Gasteiger partial charge in [0, 0.05) is 12.2 Å². The molecular formula is C25H25N3O4. The van der Waals surface area contributed by atoms with Gasteiger partial charge in [0.05, 0.1) is 0 Å².